The van der Waals surface area contributed by atoms with E-state index in [-0.39, 0.29) is 24.9 Å². The van der Waals surface area contributed by atoms with Crippen LogP contribution in [0.4, 0.5) is 5.95 Å². The molecule has 1 aliphatic carbocycles. The number of nitrogens with zero attached hydrogens (tertiary/aromatic N) is 4. The topological polar surface area (TPSA) is 131 Å². The minimum atomic E-state index is -0.412. The molecule has 3 N–H and O–H groups in total. The van der Waals surface area contributed by atoms with E-state index in [1.807, 2.05) is 0 Å². The minimum absolute atomic E-state index is 0.0228. The molecular weight excluding hydrogens is 388 g/mol. The van der Waals surface area contributed by atoms with Crippen LogP contribution in [-0.4, -0.2) is 42.5 Å². The first-order valence-corrected chi connectivity index (χ1v) is 9.54. The molecule has 0 atom stereocenters. The summed E-state index contributed by atoms with van der Waals surface area (Å²) in [6.07, 6.45) is 5.30. The predicted molar refractivity (Wildman–Crippen MR) is 106 cm³/mol. The maximum atomic E-state index is 11.9. The number of hydrogen-bond donors (Lipinski definition) is 3. The second-order valence-corrected chi connectivity index (χ2v) is 7.21. The number of fused-ring (bicyclic) bond motifs is 1. The molecule has 3 aromatic rings. The van der Waals surface area contributed by atoms with Crippen LogP contribution in [0.2, 0.25) is 0 Å². The monoisotopic (exact) mass is 406 g/mol. The number of amides is 2. The van der Waals surface area contributed by atoms with Crippen molar-refractivity contribution >= 4 is 29.5 Å². The van der Waals surface area contributed by atoms with Crippen molar-refractivity contribution in [2.45, 2.75) is 31.9 Å². The van der Waals surface area contributed by atoms with Crippen molar-refractivity contribution in [1.29, 1.82) is 0 Å². The summed E-state index contributed by atoms with van der Waals surface area (Å²) in [5.74, 6) is 0.268. The van der Waals surface area contributed by atoms with Crippen molar-refractivity contribution in [2.75, 3.05) is 5.32 Å². The Labute approximate surface area is 170 Å². The van der Waals surface area contributed by atoms with E-state index < -0.39 is 5.91 Å². The van der Waals surface area contributed by atoms with E-state index in [0.29, 0.717) is 34.5 Å². The highest BCUT2D eigenvalue weighted by molar-refractivity contribution is 6.15. The number of ether oxygens (including phenoxy) is 1. The highest BCUT2D eigenvalue weighted by atomic mass is 16.5. The van der Waals surface area contributed by atoms with Crippen molar-refractivity contribution < 1.29 is 19.4 Å². The Bertz CT molecular complexity index is 1180. The third kappa shape index (κ3) is 3.60. The Kier molecular flexibility index (Phi) is 4.40. The van der Waals surface area contributed by atoms with Gasteiger partial charge in [0.05, 0.1) is 19.2 Å². The lowest BCUT2D eigenvalue weighted by molar-refractivity contribution is -0.124. The number of aliphatic hydroxyl groups excluding tert-OH is 1. The Hall–Kier alpha value is -3.79. The third-order valence-electron chi connectivity index (χ3n) is 4.83. The van der Waals surface area contributed by atoms with Crippen LogP contribution in [0.3, 0.4) is 0 Å². The Morgan fingerprint density at radius 2 is 2.03 bits per heavy atom. The van der Waals surface area contributed by atoms with Gasteiger partial charge in [-0.05, 0) is 36.6 Å². The van der Waals surface area contributed by atoms with E-state index >= 15 is 0 Å². The van der Waals surface area contributed by atoms with Crippen LogP contribution in [0, 0.1) is 0 Å². The van der Waals surface area contributed by atoms with Gasteiger partial charge < -0.3 is 15.2 Å². The fourth-order valence-corrected chi connectivity index (χ4v) is 3.10. The van der Waals surface area contributed by atoms with Crippen LogP contribution >= 0.6 is 0 Å². The van der Waals surface area contributed by atoms with Gasteiger partial charge in [0.25, 0.3) is 5.91 Å². The zero-order valence-electron chi connectivity index (χ0n) is 15.8. The van der Waals surface area contributed by atoms with Gasteiger partial charge in [-0.15, -0.1) is 0 Å². The summed E-state index contributed by atoms with van der Waals surface area (Å²) in [6, 6.07) is 7.39. The highest BCUT2D eigenvalue weighted by Gasteiger charge is 2.26. The summed E-state index contributed by atoms with van der Waals surface area (Å²) in [5, 5.41) is 19.1. The molecule has 152 valence electrons. The van der Waals surface area contributed by atoms with E-state index in [1.165, 1.54) is 0 Å². The maximum absolute atomic E-state index is 11.9. The number of carbonyl (C=O) groups is 2. The highest BCUT2D eigenvalue weighted by Crippen LogP contribution is 2.28. The molecule has 3 heterocycles. The molecular formula is C20H18N6O4. The summed E-state index contributed by atoms with van der Waals surface area (Å²) in [4.78, 5) is 32.3. The van der Waals surface area contributed by atoms with Gasteiger partial charge in [-0.1, -0.05) is 12.1 Å². The molecule has 1 aliphatic heterocycles. The van der Waals surface area contributed by atoms with Crippen LogP contribution in [0.25, 0.3) is 11.7 Å². The van der Waals surface area contributed by atoms with Crippen molar-refractivity contribution in [3.63, 3.8) is 0 Å². The smallest absolute Gasteiger partial charge is 0.327 e. The molecule has 1 saturated heterocycles. The molecule has 1 aromatic carbocycles. The zero-order chi connectivity index (χ0) is 20.7. The van der Waals surface area contributed by atoms with Crippen LogP contribution in [0.15, 0.2) is 36.0 Å². The summed E-state index contributed by atoms with van der Waals surface area (Å²) in [6.45, 7) is -0.0534. The molecule has 2 amide bonds. The summed E-state index contributed by atoms with van der Waals surface area (Å²) >= 11 is 0. The van der Waals surface area contributed by atoms with Gasteiger partial charge in [0.2, 0.25) is 11.9 Å². The van der Waals surface area contributed by atoms with Gasteiger partial charge in [-0.3, -0.25) is 14.9 Å². The number of aromatic nitrogens is 4. The zero-order valence-corrected chi connectivity index (χ0v) is 15.8. The first-order chi connectivity index (χ1) is 14.6. The number of hydrogen-bond acceptors (Lipinski definition) is 8. The molecule has 2 aromatic heterocycles. The Morgan fingerprint density at radius 3 is 2.70 bits per heavy atom. The van der Waals surface area contributed by atoms with E-state index in [0.717, 1.165) is 18.4 Å². The fraction of sp³-hybridized carbons (Fsp3) is 0.250. The Morgan fingerprint density at radius 1 is 1.23 bits per heavy atom. The van der Waals surface area contributed by atoms with E-state index in [1.54, 1.807) is 41.1 Å². The fourth-order valence-electron chi connectivity index (χ4n) is 3.10. The predicted octanol–water partition coefficient (Wildman–Crippen LogP) is 1.41. The maximum Gasteiger partial charge on any atom is 0.327 e. The van der Waals surface area contributed by atoms with Gasteiger partial charge in [0, 0.05) is 17.2 Å². The average Bonchev–Trinajstić information content (AvgIpc) is 3.37. The number of nitrogens with one attached hydrogen (secondary N) is 2. The van der Waals surface area contributed by atoms with Gasteiger partial charge >= 0.3 is 6.01 Å². The van der Waals surface area contributed by atoms with Gasteiger partial charge in [0.15, 0.2) is 5.65 Å². The van der Waals surface area contributed by atoms with Crippen LogP contribution in [0.1, 0.15) is 30.4 Å². The third-order valence-corrected chi connectivity index (χ3v) is 4.83. The van der Waals surface area contributed by atoms with E-state index in [9.17, 15) is 14.7 Å². The molecule has 2 fully saturated rings. The summed E-state index contributed by atoms with van der Waals surface area (Å²) in [5.41, 5.74) is 2.16. The molecule has 5 rings (SSSR count). The molecule has 2 aliphatic rings. The summed E-state index contributed by atoms with van der Waals surface area (Å²) < 4.78 is 7.38. The standard InChI is InChI=1S/C20H18N6O4/c27-10-11-1-5-15(6-2-11)30-20-24-17-13(7-12-8-16(28)23-18(12)29)9-21-26(17)19(25-20)22-14-3-4-14/h1-2,5-7,9,14,27H,3-4,8,10H2,(H,22,24,25)(H,23,28,29)/b12-7+. The van der Waals surface area contributed by atoms with Crippen molar-refractivity contribution in [3.8, 4) is 11.8 Å². The second-order valence-electron chi connectivity index (χ2n) is 7.21. The summed E-state index contributed by atoms with van der Waals surface area (Å²) in [7, 11) is 0. The SMILES string of the molecule is O=C1C/C(=C\c2cnn3c(NC4CC4)nc(Oc4ccc(CO)cc4)nc23)C(=O)N1. The van der Waals surface area contributed by atoms with Crippen LogP contribution in [0.5, 0.6) is 11.8 Å². The van der Waals surface area contributed by atoms with E-state index in [4.69, 9.17) is 4.74 Å². The molecule has 0 spiro atoms. The van der Waals surface area contributed by atoms with E-state index in [2.05, 4.69) is 25.7 Å². The van der Waals surface area contributed by atoms with Crippen molar-refractivity contribution in [3.05, 3.63) is 47.2 Å². The van der Waals surface area contributed by atoms with Crippen molar-refractivity contribution in [1.82, 2.24) is 24.9 Å². The lowest BCUT2D eigenvalue weighted by Crippen LogP contribution is -2.19. The van der Waals surface area contributed by atoms with Crippen LogP contribution < -0.4 is 15.4 Å². The number of aliphatic hydroxyl groups is 1. The minimum Gasteiger partial charge on any atom is -0.424 e. The lowest BCUT2D eigenvalue weighted by atomic mass is 10.1. The lowest BCUT2D eigenvalue weighted by Gasteiger charge is -2.09. The second kappa shape index (κ2) is 7.23. The molecule has 0 unspecified atom stereocenters. The molecule has 30 heavy (non-hydrogen) atoms. The van der Waals surface area contributed by atoms with Gasteiger partial charge in [-0.2, -0.15) is 19.6 Å². The first kappa shape index (κ1) is 18.3. The van der Waals surface area contributed by atoms with Crippen molar-refractivity contribution in [2.24, 2.45) is 0 Å². The van der Waals surface area contributed by atoms with Crippen LogP contribution in [-0.2, 0) is 16.2 Å². The quantitative estimate of drug-likeness (QED) is 0.414. The average molecular weight is 406 g/mol. The molecule has 0 bridgehead atoms. The van der Waals surface area contributed by atoms with Gasteiger partial charge in [0.1, 0.15) is 5.75 Å². The Balaban J connectivity index is 1.54. The first-order valence-electron chi connectivity index (χ1n) is 9.54. The number of rotatable bonds is 6. The number of benzene rings is 1. The number of carbonyl (C=O) groups excluding carboxylic acids is 2. The largest absolute Gasteiger partial charge is 0.424 e. The molecule has 1 saturated carbocycles. The molecule has 10 nitrogen and oxygen atoms in total. The molecule has 0 radical (unpaired) electrons. The normalized spacial score (nSPS) is 17.6. The molecule has 10 heteroatoms. The van der Waals surface area contributed by atoms with Gasteiger partial charge in [-0.25, -0.2) is 0 Å². The number of anilines is 1. The number of imide groups is 1.